The molecule has 2 nitrogen and oxygen atoms in total. The highest BCUT2D eigenvalue weighted by Crippen LogP contribution is 2.32. The molecule has 1 aliphatic rings. The van der Waals surface area contributed by atoms with E-state index in [1.54, 1.807) is 0 Å². The Labute approximate surface area is 99.8 Å². The van der Waals surface area contributed by atoms with Crippen LogP contribution in [-0.2, 0) is 9.53 Å². The van der Waals surface area contributed by atoms with Gasteiger partial charge in [-0.05, 0) is 45.4 Å². The van der Waals surface area contributed by atoms with Gasteiger partial charge in [-0.25, -0.2) is 0 Å². The summed E-state index contributed by atoms with van der Waals surface area (Å²) in [6.45, 7) is 6.08. The average Bonchev–Trinajstić information content (AvgIpc) is 2.26. The summed E-state index contributed by atoms with van der Waals surface area (Å²) >= 11 is 0. The number of rotatable bonds is 5. The molecule has 0 aromatic heterocycles. The summed E-state index contributed by atoms with van der Waals surface area (Å²) in [4.78, 5) is 11.7. The van der Waals surface area contributed by atoms with Crippen LogP contribution in [0, 0.1) is 11.8 Å². The van der Waals surface area contributed by atoms with Gasteiger partial charge in [0, 0.05) is 0 Å². The van der Waals surface area contributed by atoms with Crippen LogP contribution >= 0.6 is 0 Å². The minimum absolute atomic E-state index is 0.0314. The third kappa shape index (κ3) is 4.54. The molecule has 0 spiro atoms. The van der Waals surface area contributed by atoms with Crippen molar-refractivity contribution in [2.24, 2.45) is 11.8 Å². The van der Waals surface area contributed by atoms with Crippen LogP contribution in [0.4, 0.5) is 0 Å². The van der Waals surface area contributed by atoms with Gasteiger partial charge in [0.2, 0.25) is 0 Å². The zero-order valence-corrected chi connectivity index (χ0v) is 11.0. The van der Waals surface area contributed by atoms with Gasteiger partial charge in [-0.1, -0.05) is 26.2 Å². The number of hydrogen-bond acceptors (Lipinski definition) is 2. The zero-order chi connectivity index (χ0) is 12.0. The smallest absolute Gasteiger partial charge is 0.309 e. The first kappa shape index (κ1) is 13.5. The maximum Gasteiger partial charge on any atom is 0.309 e. The van der Waals surface area contributed by atoms with Gasteiger partial charge in [0.1, 0.15) is 0 Å². The zero-order valence-electron chi connectivity index (χ0n) is 11.0. The van der Waals surface area contributed by atoms with Crippen molar-refractivity contribution < 1.29 is 9.53 Å². The Balaban J connectivity index is 2.23. The number of ether oxygens (including phenoxy) is 1. The topological polar surface area (TPSA) is 26.3 Å². The number of esters is 1. The van der Waals surface area contributed by atoms with Gasteiger partial charge < -0.3 is 4.74 Å². The average molecular weight is 226 g/mol. The van der Waals surface area contributed by atoms with E-state index in [1.807, 2.05) is 13.8 Å². The van der Waals surface area contributed by atoms with E-state index in [2.05, 4.69) is 6.92 Å². The molecule has 1 fully saturated rings. The van der Waals surface area contributed by atoms with E-state index in [4.69, 9.17) is 4.74 Å². The quantitative estimate of drug-likeness (QED) is 0.664. The van der Waals surface area contributed by atoms with E-state index >= 15 is 0 Å². The summed E-state index contributed by atoms with van der Waals surface area (Å²) in [5.74, 6) is 1.08. The Bertz CT molecular complexity index is 203. The van der Waals surface area contributed by atoms with Crippen LogP contribution in [0.3, 0.4) is 0 Å². The van der Waals surface area contributed by atoms with Crippen molar-refractivity contribution in [3.63, 3.8) is 0 Å². The van der Waals surface area contributed by atoms with Crippen LogP contribution in [0.1, 0.15) is 65.7 Å². The van der Waals surface area contributed by atoms with E-state index < -0.39 is 0 Å². The fraction of sp³-hybridized carbons (Fsp3) is 0.929. The van der Waals surface area contributed by atoms with Crippen LogP contribution in [0.5, 0.6) is 0 Å². The first-order valence-electron chi connectivity index (χ1n) is 6.84. The molecule has 1 rings (SSSR count). The van der Waals surface area contributed by atoms with Crippen LogP contribution in [-0.4, -0.2) is 12.1 Å². The molecule has 0 bridgehead atoms. The maximum atomic E-state index is 11.7. The second-order valence-electron chi connectivity index (χ2n) is 5.35. The van der Waals surface area contributed by atoms with Crippen LogP contribution < -0.4 is 0 Å². The SMILES string of the molecule is CCCCC1CCC(C(=O)OC(C)C)CC1. The molecule has 0 aromatic rings. The molecule has 0 aliphatic heterocycles. The Morgan fingerprint density at radius 2 is 1.88 bits per heavy atom. The molecule has 0 radical (unpaired) electrons. The first-order valence-corrected chi connectivity index (χ1v) is 6.84. The molecule has 0 unspecified atom stereocenters. The molecule has 1 saturated carbocycles. The van der Waals surface area contributed by atoms with Crippen LogP contribution in [0.25, 0.3) is 0 Å². The molecule has 0 heterocycles. The van der Waals surface area contributed by atoms with Gasteiger partial charge in [-0.2, -0.15) is 0 Å². The number of carbonyl (C=O) groups is 1. The highest BCUT2D eigenvalue weighted by molar-refractivity contribution is 5.72. The van der Waals surface area contributed by atoms with Crippen molar-refractivity contribution in [2.75, 3.05) is 0 Å². The molecule has 0 amide bonds. The van der Waals surface area contributed by atoms with Crippen molar-refractivity contribution in [3.8, 4) is 0 Å². The summed E-state index contributed by atoms with van der Waals surface area (Å²) in [5.41, 5.74) is 0. The lowest BCUT2D eigenvalue weighted by Crippen LogP contribution is -2.25. The predicted octanol–water partition coefficient (Wildman–Crippen LogP) is 3.93. The van der Waals surface area contributed by atoms with Crippen LogP contribution in [0.15, 0.2) is 0 Å². The molecule has 2 heteroatoms. The second kappa shape index (κ2) is 6.93. The molecular formula is C14H26O2. The Morgan fingerprint density at radius 3 is 2.38 bits per heavy atom. The lowest BCUT2D eigenvalue weighted by molar-refractivity contribution is -0.153. The maximum absolute atomic E-state index is 11.7. The number of unbranched alkanes of at least 4 members (excludes halogenated alkanes) is 1. The van der Waals surface area contributed by atoms with Crippen LogP contribution in [0.2, 0.25) is 0 Å². The van der Waals surface area contributed by atoms with E-state index in [1.165, 1.54) is 32.1 Å². The van der Waals surface area contributed by atoms with Gasteiger partial charge in [0.25, 0.3) is 0 Å². The summed E-state index contributed by atoms with van der Waals surface area (Å²) in [7, 11) is 0. The Kier molecular flexibility index (Phi) is 5.86. The van der Waals surface area contributed by atoms with Gasteiger partial charge in [-0.15, -0.1) is 0 Å². The van der Waals surface area contributed by atoms with Crippen molar-refractivity contribution >= 4 is 5.97 Å². The fourth-order valence-corrected chi connectivity index (χ4v) is 2.51. The number of carbonyl (C=O) groups excluding carboxylic acids is 1. The molecule has 94 valence electrons. The van der Waals surface area contributed by atoms with Crippen molar-refractivity contribution in [1.82, 2.24) is 0 Å². The first-order chi connectivity index (χ1) is 7.63. The number of hydrogen-bond donors (Lipinski definition) is 0. The van der Waals surface area contributed by atoms with E-state index in [-0.39, 0.29) is 18.0 Å². The van der Waals surface area contributed by atoms with E-state index in [0.29, 0.717) is 0 Å². The monoisotopic (exact) mass is 226 g/mol. The molecule has 0 atom stereocenters. The molecular weight excluding hydrogens is 200 g/mol. The summed E-state index contributed by atoms with van der Waals surface area (Å²) in [6, 6.07) is 0. The predicted molar refractivity (Wildman–Crippen MR) is 66.2 cm³/mol. The van der Waals surface area contributed by atoms with Crippen molar-refractivity contribution in [1.29, 1.82) is 0 Å². The minimum Gasteiger partial charge on any atom is -0.463 e. The van der Waals surface area contributed by atoms with Gasteiger partial charge >= 0.3 is 5.97 Å². The summed E-state index contributed by atoms with van der Waals surface area (Å²) < 4.78 is 5.27. The molecule has 0 aromatic carbocycles. The highest BCUT2D eigenvalue weighted by Gasteiger charge is 2.27. The van der Waals surface area contributed by atoms with E-state index in [9.17, 15) is 4.79 Å². The Morgan fingerprint density at radius 1 is 1.25 bits per heavy atom. The van der Waals surface area contributed by atoms with Gasteiger partial charge in [0.15, 0.2) is 0 Å². The minimum atomic E-state index is 0.0314. The third-order valence-corrected chi connectivity index (χ3v) is 3.50. The van der Waals surface area contributed by atoms with E-state index in [0.717, 1.165) is 18.8 Å². The highest BCUT2D eigenvalue weighted by atomic mass is 16.5. The third-order valence-electron chi connectivity index (χ3n) is 3.50. The van der Waals surface area contributed by atoms with Gasteiger partial charge in [-0.3, -0.25) is 4.79 Å². The Hall–Kier alpha value is -0.530. The summed E-state index contributed by atoms with van der Waals surface area (Å²) in [5, 5.41) is 0. The van der Waals surface area contributed by atoms with Crippen molar-refractivity contribution in [3.05, 3.63) is 0 Å². The van der Waals surface area contributed by atoms with Crippen molar-refractivity contribution in [2.45, 2.75) is 71.8 Å². The second-order valence-corrected chi connectivity index (χ2v) is 5.35. The molecule has 0 N–H and O–H groups in total. The molecule has 0 saturated heterocycles. The summed E-state index contributed by atoms with van der Waals surface area (Å²) in [6.07, 6.45) is 8.53. The molecule has 16 heavy (non-hydrogen) atoms. The normalized spacial score (nSPS) is 25.8. The lowest BCUT2D eigenvalue weighted by Gasteiger charge is -2.27. The molecule has 1 aliphatic carbocycles. The standard InChI is InChI=1S/C14H26O2/c1-4-5-6-12-7-9-13(10-8-12)14(15)16-11(2)3/h11-13H,4-10H2,1-3H3. The fourth-order valence-electron chi connectivity index (χ4n) is 2.51. The largest absolute Gasteiger partial charge is 0.463 e. The van der Waals surface area contributed by atoms with Gasteiger partial charge in [0.05, 0.1) is 12.0 Å². The lowest BCUT2D eigenvalue weighted by atomic mass is 9.80.